The second kappa shape index (κ2) is 5.76. The van der Waals surface area contributed by atoms with E-state index >= 15 is 0 Å². The number of hydrogen-bond donors (Lipinski definition) is 1. The van der Waals surface area contributed by atoms with E-state index in [1.54, 1.807) is 0 Å². The Balaban J connectivity index is 3.25. The molecule has 0 atom stereocenters. The molecule has 0 radical (unpaired) electrons. The molecule has 0 heterocycles. The second-order valence-electron chi connectivity index (χ2n) is 2.10. The maximum absolute atomic E-state index is 5.32. The Morgan fingerprint density at radius 3 is 2.67 bits per heavy atom. The predicted octanol–water partition coefficient (Wildman–Crippen LogP) is 1.21. The van der Waals surface area contributed by atoms with Crippen molar-refractivity contribution in [2.45, 2.75) is 26.7 Å². The van der Waals surface area contributed by atoms with E-state index in [4.69, 9.17) is 5.73 Å². The average Bonchev–Trinajstić information content (AvgIpc) is 1.85. The van der Waals surface area contributed by atoms with Gasteiger partial charge < -0.3 is 5.73 Å². The van der Waals surface area contributed by atoms with Crippen LogP contribution in [0, 0.1) is 0 Å². The largest absolute Gasteiger partial charge is 0.330 e. The van der Waals surface area contributed by atoms with Gasteiger partial charge in [-0.15, -0.1) is 0 Å². The third-order valence-corrected chi connectivity index (χ3v) is 1.17. The smallest absolute Gasteiger partial charge is 0.0360 e. The zero-order valence-corrected chi connectivity index (χ0v) is 6.35. The summed E-state index contributed by atoms with van der Waals surface area (Å²) in [6, 6.07) is 0. The van der Waals surface area contributed by atoms with Gasteiger partial charge in [-0.3, -0.25) is 4.99 Å². The average molecular weight is 128 g/mol. The normalized spacial score (nSPS) is 12.1. The van der Waals surface area contributed by atoms with Crippen LogP contribution in [0.4, 0.5) is 0 Å². The highest BCUT2D eigenvalue weighted by molar-refractivity contribution is 5.81. The summed E-state index contributed by atoms with van der Waals surface area (Å²) in [5, 5.41) is 0. The maximum Gasteiger partial charge on any atom is 0.0360 e. The molecule has 0 aliphatic rings. The molecule has 0 unspecified atom stereocenters. The van der Waals surface area contributed by atoms with E-state index in [2.05, 4.69) is 11.9 Å². The van der Waals surface area contributed by atoms with Crippen LogP contribution in [0.2, 0.25) is 0 Å². The summed E-state index contributed by atoms with van der Waals surface area (Å²) in [5.74, 6) is 0. The standard InChI is InChI=1S/C7H16N2/c1-3-9-7(2)5-4-6-8/h3-6,8H2,1-2H3/b9-7+. The summed E-state index contributed by atoms with van der Waals surface area (Å²) < 4.78 is 0. The molecule has 0 bridgehead atoms. The van der Waals surface area contributed by atoms with Gasteiger partial charge in [0.25, 0.3) is 0 Å². The van der Waals surface area contributed by atoms with Crippen molar-refractivity contribution in [1.82, 2.24) is 0 Å². The minimum Gasteiger partial charge on any atom is -0.330 e. The molecular weight excluding hydrogens is 112 g/mol. The van der Waals surface area contributed by atoms with Gasteiger partial charge in [0.1, 0.15) is 0 Å². The van der Waals surface area contributed by atoms with Crippen molar-refractivity contribution in [1.29, 1.82) is 0 Å². The minimum atomic E-state index is 0.774. The first-order valence-electron chi connectivity index (χ1n) is 3.51. The van der Waals surface area contributed by atoms with Crippen molar-refractivity contribution in [3.05, 3.63) is 0 Å². The fourth-order valence-electron chi connectivity index (χ4n) is 0.707. The minimum absolute atomic E-state index is 0.774. The van der Waals surface area contributed by atoms with Crippen molar-refractivity contribution in [3.8, 4) is 0 Å². The Labute approximate surface area is 57.2 Å². The number of nitrogens with two attached hydrogens (primary N) is 1. The quantitative estimate of drug-likeness (QED) is 0.568. The van der Waals surface area contributed by atoms with Crippen molar-refractivity contribution in [2.75, 3.05) is 13.1 Å². The van der Waals surface area contributed by atoms with Crippen LogP contribution in [0.1, 0.15) is 26.7 Å². The van der Waals surface area contributed by atoms with Gasteiger partial charge in [-0.1, -0.05) is 0 Å². The van der Waals surface area contributed by atoms with E-state index in [9.17, 15) is 0 Å². The van der Waals surface area contributed by atoms with Crippen molar-refractivity contribution < 1.29 is 0 Å². The van der Waals surface area contributed by atoms with Crippen LogP contribution in [0.3, 0.4) is 0 Å². The molecule has 54 valence electrons. The monoisotopic (exact) mass is 128 g/mol. The molecule has 2 N–H and O–H groups in total. The second-order valence-corrected chi connectivity index (χ2v) is 2.10. The lowest BCUT2D eigenvalue weighted by molar-refractivity contribution is 0.869. The van der Waals surface area contributed by atoms with Gasteiger partial charge in [0, 0.05) is 12.3 Å². The van der Waals surface area contributed by atoms with E-state index in [1.165, 1.54) is 5.71 Å². The Bertz CT molecular complexity index is 86.9. The highest BCUT2D eigenvalue weighted by Crippen LogP contribution is 1.89. The van der Waals surface area contributed by atoms with Crippen LogP contribution in [-0.2, 0) is 0 Å². The van der Waals surface area contributed by atoms with E-state index in [1.807, 2.05) is 6.92 Å². The van der Waals surface area contributed by atoms with Crippen LogP contribution in [0.5, 0.6) is 0 Å². The molecule has 0 saturated carbocycles. The van der Waals surface area contributed by atoms with Gasteiger partial charge >= 0.3 is 0 Å². The summed E-state index contributed by atoms with van der Waals surface area (Å²) in [4.78, 5) is 4.22. The molecule has 0 aromatic heterocycles. The van der Waals surface area contributed by atoms with Gasteiger partial charge in [-0.05, 0) is 33.2 Å². The lowest BCUT2D eigenvalue weighted by Gasteiger charge is -1.95. The molecule has 0 saturated heterocycles. The molecule has 0 aromatic carbocycles. The number of rotatable bonds is 4. The highest BCUT2D eigenvalue weighted by atomic mass is 14.7. The zero-order valence-electron chi connectivity index (χ0n) is 6.35. The van der Waals surface area contributed by atoms with Crippen LogP contribution < -0.4 is 5.73 Å². The molecule has 0 spiro atoms. The summed E-state index contributed by atoms with van der Waals surface area (Å²) in [6.45, 7) is 5.78. The molecule has 0 amide bonds. The molecule has 0 aliphatic carbocycles. The van der Waals surface area contributed by atoms with Crippen molar-refractivity contribution in [2.24, 2.45) is 10.7 Å². The fourth-order valence-corrected chi connectivity index (χ4v) is 0.707. The first kappa shape index (κ1) is 8.63. The van der Waals surface area contributed by atoms with Gasteiger partial charge in [0.05, 0.1) is 0 Å². The summed E-state index contributed by atoms with van der Waals surface area (Å²) in [5.41, 5.74) is 6.54. The van der Waals surface area contributed by atoms with Gasteiger partial charge in [0.2, 0.25) is 0 Å². The lowest BCUT2D eigenvalue weighted by Crippen LogP contribution is -2.01. The van der Waals surface area contributed by atoms with Crippen LogP contribution >= 0.6 is 0 Å². The summed E-state index contributed by atoms with van der Waals surface area (Å²) in [7, 11) is 0. The Kier molecular flexibility index (Phi) is 5.52. The van der Waals surface area contributed by atoms with E-state index < -0.39 is 0 Å². The molecule has 0 fully saturated rings. The number of aliphatic imine (C=N–C) groups is 1. The molecule has 0 aliphatic heterocycles. The van der Waals surface area contributed by atoms with Gasteiger partial charge in [-0.2, -0.15) is 0 Å². The van der Waals surface area contributed by atoms with Gasteiger partial charge in [-0.25, -0.2) is 0 Å². The van der Waals surface area contributed by atoms with Crippen molar-refractivity contribution in [3.63, 3.8) is 0 Å². The zero-order chi connectivity index (χ0) is 7.11. The molecule has 2 nitrogen and oxygen atoms in total. The molecule has 0 rings (SSSR count). The molecule has 9 heavy (non-hydrogen) atoms. The van der Waals surface area contributed by atoms with E-state index in [0.29, 0.717) is 0 Å². The molecule has 2 heteroatoms. The third-order valence-electron chi connectivity index (χ3n) is 1.17. The topological polar surface area (TPSA) is 38.4 Å². The first-order chi connectivity index (χ1) is 4.31. The number of nitrogens with zero attached hydrogens (tertiary/aromatic N) is 1. The fraction of sp³-hybridized carbons (Fsp3) is 0.857. The number of hydrogen-bond acceptors (Lipinski definition) is 2. The van der Waals surface area contributed by atoms with Crippen LogP contribution in [-0.4, -0.2) is 18.8 Å². The lowest BCUT2D eigenvalue weighted by atomic mass is 10.2. The molecule has 0 aromatic rings. The maximum atomic E-state index is 5.32. The van der Waals surface area contributed by atoms with E-state index in [0.717, 1.165) is 25.9 Å². The van der Waals surface area contributed by atoms with Crippen LogP contribution in [0.25, 0.3) is 0 Å². The molecular formula is C7H16N2. The Morgan fingerprint density at radius 1 is 1.56 bits per heavy atom. The highest BCUT2D eigenvalue weighted by Gasteiger charge is 1.87. The summed E-state index contributed by atoms with van der Waals surface area (Å²) >= 11 is 0. The Morgan fingerprint density at radius 2 is 2.22 bits per heavy atom. The first-order valence-corrected chi connectivity index (χ1v) is 3.51. The summed E-state index contributed by atoms with van der Waals surface area (Å²) in [6.07, 6.45) is 2.12. The van der Waals surface area contributed by atoms with Crippen molar-refractivity contribution >= 4 is 5.71 Å². The van der Waals surface area contributed by atoms with Crippen LogP contribution in [0.15, 0.2) is 4.99 Å². The Hall–Kier alpha value is -0.370. The SMILES string of the molecule is CC/N=C(\C)CCCN. The van der Waals surface area contributed by atoms with Gasteiger partial charge in [0.15, 0.2) is 0 Å². The van der Waals surface area contributed by atoms with E-state index in [-0.39, 0.29) is 0 Å². The predicted molar refractivity (Wildman–Crippen MR) is 41.9 cm³/mol. The third kappa shape index (κ3) is 5.50.